The van der Waals surface area contributed by atoms with E-state index in [0.717, 1.165) is 105 Å². The number of fused-ring (bicyclic) bond motifs is 9. The molecule has 0 aliphatic rings. The van der Waals surface area contributed by atoms with Gasteiger partial charge in [-0.3, -0.25) is 4.98 Å². The van der Waals surface area contributed by atoms with E-state index >= 15 is 0 Å². The highest BCUT2D eigenvalue weighted by Gasteiger charge is 2.17. The molecule has 4 heteroatoms. The predicted octanol–water partition coefficient (Wildman–Crippen LogP) is 15.1. The van der Waals surface area contributed by atoms with Gasteiger partial charge in [-0.05, 0) is 129 Å². The van der Waals surface area contributed by atoms with E-state index in [1.807, 2.05) is 36.5 Å². The smallest absolute Gasteiger partial charge is 0.136 e. The Morgan fingerprint density at radius 2 is 0.807 bits per heavy atom. The summed E-state index contributed by atoms with van der Waals surface area (Å²) in [4.78, 5) is 6.91. The zero-order chi connectivity index (χ0) is 37.5. The van der Waals surface area contributed by atoms with E-state index < -0.39 is 0 Å². The van der Waals surface area contributed by atoms with Crippen LogP contribution in [0.25, 0.3) is 98.6 Å². The summed E-state index contributed by atoms with van der Waals surface area (Å²) in [6.07, 6.45) is 1.85. The zero-order valence-electron chi connectivity index (χ0n) is 30.7. The monoisotopic (exact) mass is 728 g/mol. The molecular weight excluding hydrogens is 697 g/mol. The fourth-order valence-electron chi connectivity index (χ4n) is 8.54. The zero-order valence-corrected chi connectivity index (χ0v) is 30.7. The van der Waals surface area contributed by atoms with Gasteiger partial charge in [-0.2, -0.15) is 0 Å². The first kappa shape index (κ1) is 31.6. The van der Waals surface area contributed by atoms with Crippen molar-refractivity contribution < 1.29 is 8.83 Å². The van der Waals surface area contributed by atoms with Gasteiger partial charge in [0.25, 0.3) is 0 Å². The minimum Gasteiger partial charge on any atom is -0.456 e. The maximum Gasteiger partial charge on any atom is 0.136 e. The maximum absolute atomic E-state index is 6.24. The molecule has 0 amide bonds. The van der Waals surface area contributed by atoms with Crippen molar-refractivity contribution in [2.75, 3.05) is 4.90 Å². The van der Waals surface area contributed by atoms with Gasteiger partial charge >= 0.3 is 0 Å². The van der Waals surface area contributed by atoms with Gasteiger partial charge in [0.05, 0.1) is 5.52 Å². The quantitative estimate of drug-likeness (QED) is 0.177. The minimum atomic E-state index is 0.902. The number of hydrogen-bond acceptors (Lipinski definition) is 4. The molecule has 0 fully saturated rings. The minimum absolute atomic E-state index is 0.902. The van der Waals surface area contributed by atoms with Crippen LogP contribution in [0.4, 0.5) is 17.1 Å². The van der Waals surface area contributed by atoms with Crippen LogP contribution in [0.1, 0.15) is 0 Å². The van der Waals surface area contributed by atoms with Crippen molar-refractivity contribution >= 4 is 93.4 Å². The predicted molar refractivity (Wildman–Crippen MR) is 237 cm³/mol. The number of furan rings is 2. The highest BCUT2D eigenvalue weighted by Crippen LogP contribution is 2.41. The van der Waals surface area contributed by atoms with Crippen LogP contribution in [-0.4, -0.2) is 4.98 Å². The fraction of sp³-hybridized carbons (Fsp3) is 0. The van der Waals surface area contributed by atoms with Crippen LogP contribution in [0.15, 0.2) is 203 Å². The van der Waals surface area contributed by atoms with Crippen molar-refractivity contribution in [3.63, 3.8) is 0 Å². The summed E-state index contributed by atoms with van der Waals surface area (Å²) in [6, 6.07) is 67.0. The number of benzene rings is 9. The average molecular weight is 729 g/mol. The number of rotatable bonds is 5. The number of para-hydroxylation sites is 2. The van der Waals surface area contributed by atoms with Gasteiger partial charge in [0.15, 0.2) is 0 Å². The molecule has 0 aliphatic carbocycles. The van der Waals surface area contributed by atoms with Crippen LogP contribution in [0.5, 0.6) is 0 Å². The van der Waals surface area contributed by atoms with E-state index in [-0.39, 0.29) is 0 Å². The largest absolute Gasteiger partial charge is 0.456 e. The molecule has 4 nitrogen and oxygen atoms in total. The number of hydrogen-bond donors (Lipinski definition) is 0. The summed E-state index contributed by atoms with van der Waals surface area (Å²) in [7, 11) is 0. The third-order valence-electron chi connectivity index (χ3n) is 11.4. The lowest BCUT2D eigenvalue weighted by molar-refractivity contribution is 0.669. The topological polar surface area (TPSA) is 42.4 Å². The normalized spacial score (nSPS) is 11.9. The van der Waals surface area contributed by atoms with Crippen molar-refractivity contribution in [1.82, 2.24) is 4.98 Å². The van der Waals surface area contributed by atoms with Crippen LogP contribution in [-0.2, 0) is 0 Å². The van der Waals surface area contributed by atoms with E-state index in [2.05, 4.69) is 168 Å². The Morgan fingerprint density at radius 3 is 1.40 bits per heavy atom. The second-order valence-electron chi connectivity index (χ2n) is 14.8. The van der Waals surface area contributed by atoms with Crippen molar-refractivity contribution in [1.29, 1.82) is 0 Å². The van der Waals surface area contributed by atoms with Gasteiger partial charge in [0.2, 0.25) is 0 Å². The highest BCUT2D eigenvalue weighted by atomic mass is 16.3. The van der Waals surface area contributed by atoms with Crippen LogP contribution in [0.3, 0.4) is 0 Å². The van der Waals surface area contributed by atoms with Crippen molar-refractivity contribution in [3.05, 3.63) is 194 Å². The Hall–Kier alpha value is -7.69. The van der Waals surface area contributed by atoms with Crippen molar-refractivity contribution in [2.24, 2.45) is 0 Å². The van der Waals surface area contributed by atoms with Gasteiger partial charge in [-0.25, -0.2) is 0 Å². The van der Waals surface area contributed by atoms with Gasteiger partial charge < -0.3 is 13.7 Å². The Labute approximate surface area is 327 Å². The van der Waals surface area contributed by atoms with Crippen LogP contribution in [0.2, 0.25) is 0 Å². The summed E-state index contributed by atoms with van der Waals surface area (Å²) < 4.78 is 12.5. The number of aromatic nitrogens is 1. The van der Waals surface area contributed by atoms with Crippen LogP contribution < -0.4 is 4.90 Å². The number of pyridine rings is 1. The standard InChI is InChI=1S/C53H32N2O2/c1-3-9-50-45(7-1)47-28-40-26-43(23-19-38(40)31-52(47)56-50)55(44-24-20-39-32-53-48(29-41(39)27-44)46-8-2-4-10-51(46)57-53)42-21-17-34(18-22-42)33-11-13-35(14-12-33)37-16-15-36-6-5-25-54-49(36)30-37/h1-32H. The lowest BCUT2D eigenvalue weighted by Gasteiger charge is -2.26. The number of nitrogens with zero attached hydrogens (tertiary/aromatic N) is 2. The molecule has 0 bridgehead atoms. The lowest BCUT2D eigenvalue weighted by Crippen LogP contribution is -2.09. The van der Waals surface area contributed by atoms with Gasteiger partial charge in [0, 0.05) is 50.2 Å². The lowest BCUT2D eigenvalue weighted by atomic mass is 9.99. The SMILES string of the molecule is c1cnc2cc(-c3ccc(-c4ccc(N(c5ccc6cc7oc8ccccc8c7cc6c5)c5ccc6cc7oc8ccccc8c7cc6c5)cc4)cc3)ccc2c1. The summed E-state index contributed by atoms with van der Waals surface area (Å²) in [6.45, 7) is 0. The molecule has 12 rings (SSSR count). The third-order valence-corrected chi connectivity index (χ3v) is 11.4. The molecule has 57 heavy (non-hydrogen) atoms. The second kappa shape index (κ2) is 12.4. The Bertz CT molecular complexity index is 3370. The van der Waals surface area contributed by atoms with E-state index in [0.29, 0.717) is 0 Å². The van der Waals surface area contributed by atoms with Crippen molar-refractivity contribution in [3.8, 4) is 22.3 Å². The fourth-order valence-corrected chi connectivity index (χ4v) is 8.54. The molecule has 9 aromatic carbocycles. The Morgan fingerprint density at radius 1 is 0.316 bits per heavy atom. The molecule has 0 N–H and O–H groups in total. The molecule has 0 spiro atoms. The first-order valence-electron chi connectivity index (χ1n) is 19.2. The number of anilines is 3. The third kappa shape index (κ3) is 5.26. The molecule has 0 atom stereocenters. The Kier molecular flexibility index (Phi) is 6.89. The molecule has 0 radical (unpaired) electrons. The van der Waals surface area contributed by atoms with Crippen LogP contribution >= 0.6 is 0 Å². The van der Waals surface area contributed by atoms with Gasteiger partial charge in [-0.15, -0.1) is 0 Å². The van der Waals surface area contributed by atoms with E-state index in [1.54, 1.807) is 0 Å². The Balaban J connectivity index is 0.965. The second-order valence-corrected chi connectivity index (χ2v) is 14.8. The summed E-state index contributed by atoms with van der Waals surface area (Å²) in [5.74, 6) is 0. The van der Waals surface area contributed by atoms with Crippen molar-refractivity contribution in [2.45, 2.75) is 0 Å². The molecule has 3 heterocycles. The molecule has 0 saturated heterocycles. The highest BCUT2D eigenvalue weighted by molar-refractivity contribution is 6.12. The van der Waals surface area contributed by atoms with Gasteiger partial charge in [0.1, 0.15) is 22.3 Å². The average Bonchev–Trinajstić information content (AvgIpc) is 3.82. The first-order valence-corrected chi connectivity index (χ1v) is 19.2. The summed E-state index contributed by atoms with van der Waals surface area (Å²) >= 11 is 0. The molecule has 0 saturated carbocycles. The van der Waals surface area contributed by atoms with Crippen LogP contribution in [0, 0.1) is 0 Å². The summed E-state index contributed by atoms with van der Waals surface area (Å²) in [5, 5.41) is 10.2. The molecule has 3 aromatic heterocycles. The summed E-state index contributed by atoms with van der Waals surface area (Å²) in [5.41, 5.74) is 12.5. The van der Waals surface area contributed by atoms with E-state index in [4.69, 9.17) is 8.83 Å². The maximum atomic E-state index is 6.24. The molecule has 0 unspecified atom stereocenters. The molecule has 12 aromatic rings. The first-order chi connectivity index (χ1) is 28.2. The molecule has 266 valence electrons. The van der Waals surface area contributed by atoms with E-state index in [9.17, 15) is 0 Å². The van der Waals surface area contributed by atoms with Gasteiger partial charge in [-0.1, -0.05) is 103 Å². The molecule has 0 aliphatic heterocycles. The van der Waals surface area contributed by atoms with E-state index in [1.165, 1.54) is 11.1 Å². The molecular formula is C53H32N2O2.